The average Bonchev–Trinajstić information content (AvgIpc) is 2.47. The number of hydrogen-bond acceptors (Lipinski definition) is 5. The van der Waals surface area contributed by atoms with Crippen molar-refractivity contribution in [3.8, 4) is 17.2 Å². The first-order valence-corrected chi connectivity index (χ1v) is 6.90. The molecule has 0 atom stereocenters. The number of aryl methyl sites for hydroxylation is 1. The van der Waals surface area contributed by atoms with E-state index >= 15 is 0 Å². The Morgan fingerprint density at radius 1 is 1.32 bits per heavy atom. The molecule has 22 heavy (non-hydrogen) atoms. The molecule has 2 rings (SSSR count). The second-order valence-electron chi connectivity index (χ2n) is 5.62. The second kappa shape index (κ2) is 6.19. The fraction of sp³-hybridized carbons (Fsp3) is 0.375. The van der Waals surface area contributed by atoms with Crippen LogP contribution in [0.15, 0.2) is 35.4 Å². The minimum absolute atomic E-state index is 0.136. The molecular weight excluding hydrogens is 284 g/mol. The Morgan fingerprint density at radius 2 is 2.05 bits per heavy atom. The molecule has 0 aliphatic heterocycles. The fourth-order valence-corrected chi connectivity index (χ4v) is 1.89. The van der Waals surface area contributed by atoms with E-state index < -0.39 is 5.60 Å². The summed E-state index contributed by atoms with van der Waals surface area (Å²) in [6.07, 6.45) is 3.17. The zero-order chi connectivity index (χ0) is 16.3. The van der Waals surface area contributed by atoms with Gasteiger partial charge < -0.3 is 14.6 Å². The quantitative estimate of drug-likeness (QED) is 0.910. The number of rotatable bonds is 5. The first-order valence-electron chi connectivity index (χ1n) is 6.90. The van der Waals surface area contributed by atoms with E-state index in [1.807, 2.05) is 0 Å². The first-order chi connectivity index (χ1) is 10.3. The summed E-state index contributed by atoms with van der Waals surface area (Å²) in [6, 6.07) is 5.17. The third kappa shape index (κ3) is 3.65. The zero-order valence-electron chi connectivity index (χ0n) is 13.2. The van der Waals surface area contributed by atoms with Crippen LogP contribution in [0, 0.1) is 6.92 Å². The van der Waals surface area contributed by atoms with E-state index in [9.17, 15) is 9.90 Å². The molecule has 0 saturated heterocycles. The van der Waals surface area contributed by atoms with Crippen LogP contribution < -0.4 is 15.0 Å². The summed E-state index contributed by atoms with van der Waals surface area (Å²) >= 11 is 0. The molecule has 0 amide bonds. The summed E-state index contributed by atoms with van der Waals surface area (Å²) in [4.78, 5) is 16.1. The lowest BCUT2D eigenvalue weighted by atomic mass is 10.2. The van der Waals surface area contributed by atoms with Gasteiger partial charge in [-0.05, 0) is 32.9 Å². The van der Waals surface area contributed by atoms with E-state index in [0.29, 0.717) is 22.9 Å². The average molecular weight is 304 g/mol. The molecule has 1 heterocycles. The number of hydrogen-bond donors (Lipinski definition) is 1. The Labute approximate surface area is 129 Å². The van der Waals surface area contributed by atoms with Crippen LogP contribution in [0.1, 0.15) is 19.5 Å². The molecule has 0 aliphatic carbocycles. The lowest BCUT2D eigenvalue weighted by molar-refractivity contribution is 0.0276. The minimum Gasteiger partial charge on any atom is -0.493 e. The van der Waals surface area contributed by atoms with Gasteiger partial charge in [0.05, 0.1) is 18.4 Å². The predicted molar refractivity (Wildman–Crippen MR) is 82.9 cm³/mol. The SMILES string of the molecule is COc1cc(-n2ccnc(C)c2=O)ccc1OCC(C)(C)O. The van der Waals surface area contributed by atoms with Gasteiger partial charge in [-0.2, -0.15) is 0 Å². The third-order valence-electron chi connectivity index (χ3n) is 3.02. The van der Waals surface area contributed by atoms with E-state index in [2.05, 4.69) is 4.98 Å². The van der Waals surface area contributed by atoms with Crippen LogP contribution in [-0.4, -0.2) is 34.0 Å². The van der Waals surface area contributed by atoms with Crippen molar-refractivity contribution in [1.82, 2.24) is 9.55 Å². The molecule has 2 aromatic rings. The summed E-state index contributed by atoms with van der Waals surface area (Å²) in [5, 5.41) is 9.72. The Balaban J connectivity index is 2.37. The first kappa shape index (κ1) is 16.0. The summed E-state index contributed by atoms with van der Waals surface area (Å²) in [5.74, 6) is 0.996. The van der Waals surface area contributed by atoms with Crippen molar-refractivity contribution in [2.24, 2.45) is 0 Å². The lowest BCUT2D eigenvalue weighted by Crippen LogP contribution is -2.28. The van der Waals surface area contributed by atoms with Crippen LogP contribution in [0.4, 0.5) is 0 Å². The van der Waals surface area contributed by atoms with Gasteiger partial charge in [0.15, 0.2) is 11.5 Å². The Morgan fingerprint density at radius 3 is 2.68 bits per heavy atom. The lowest BCUT2D eigenvalue weighted by Gasteiger charge is -2.19. The third-order valence-corrected chi connectivity index (χ3v) is 3.02. The summed E-state index contributed by atoms with van der Waals surface area (Å²) in [5.41, 5.74) is -0.0514. The van der Waals surface area contributed by atoms with E-state index in [1.165, 1.54) is 11.7 Å². The van der Waals surface area contributed by atoms with Gasteiger partial charge in [-0.3, -0.25) is 14.3 Å². The number of methoxy groups -OCH3 is 1. The van der Waals surface area contributed by atoms with Gasteiger partial charge in [-0.1, -0.05) is 0 Å². The van der Waals surface area contributed by atoms with Gasteiger partial charge in [0, 0.05) is 18.5 Å². The van der Waals surface area contributed by atoms with Crippen molar-refractivity contribution < 1.29 is 14.6 Å². The molecular formula is C16H20N2O4. The van der Waals surface area contributed by atoms with Crippen LogP contribution in [0.2, 0.25) is 0 Å². The summed E-state index contributed by atoms with van der Waals surface area (Å²) < 4.78 is 12.4. The van der Waals surface area contributed by atoms with Gasteiger partial charge in [0.25, 0.3) is 5.56 Å². The molecule has 0 unspecified atom stereocenters. The molecule has 0 fully saturated rings. The molecule has 1 aromatic heterocycles. The highest BCUT2D eigenvalue weighted by Gasteiger charge is 2.16. The zero-order valence-corrected chi connectivity index (χ0v) is 13.2. The van der Waals surface area contributed by atoms with E-state index in [0.717, 1.165) is 0 Å². The maximum absolute atomic E-state index is 12.1. The molecule has 6 heteroatoms. The Kier molecular flexibility index (Phi) is 4.51. The van der Waals surface area contributed by atoms with Gasteiger partial charge in [0.2, 0.25) is 0 Å². The highest BCUT2D eigenvalue weighted by atomic mass is 16.5. The molecule has 1 aromatic carbocycles. The summed E-state index contributed by atoms with van der Waals surface area (Å²) in [6.45, 7) is 5.12. The fourth-order valence-electron chi connectivity index (χ4n) is 1.89. The molecule has 1 N–H and O–H groups in total. The largest absolute Gasteiger partial charge is 0.493 e. The van der Waals surface area contributed by atoms with E-state index in [1.54, 1.807) is 51.4 Å². The minimum atomic E-state index is -0.942. The van der Waals surface area contributed by atoms with Crippen molar-refractivity contribution in [3.63, 3.8) is 0 Å². The number of ether oxygens (including phenoxy) is 2. The number of nitrogens with zero attached hydrogens (tertiary/aromatic N) is 2. The summed E-state index contributed by atoms with van der Waals surface area (Å²) in [7, 11) is 1.52. The molecule has 118 valence electrons. The standard InChI is InChI=1S/C16H20N2O4/c1-11-15(19)18(8-7-17-11)12-5-6-13(14(9-12)21-4)22-10-16(2,3)20/h5-9,20H,10H2,1-4H3. The molecule has 0 saturated carbocycles. The Hall–Kier alpha value is -2.34. The molecule has 0 radical (unpaired) electrons. The molecule has 0 bridgehead atoms. The van der Waals surface area contributed by atoms with Crippen LogP contribution in [-0.2, 0) is 0 Å². The van der Waals surface area contributed by atoms with Crippen molar-refractivity contribution in [3.05, 3.63) is 46.6 Å². The molecule has 0 aliphatic rings. The van der Waals surface area contributed by atoms with Crippen LogP contribution in [0.25, 0.3) is 5.69 Å². The maximum atomic E-state index is 12.1. The van der Waals surface area contributed by atoms with Gasteiger partial charge in [-0.25, -0.2) is 0 Å². The van der Waals surface area contributed by atoms with Crippen LogP contribution in [0.5, 0.6) is 11.5 Å². The van der Waals surface area contributed by atoms with Crippen molar-refractivity contribution >= 4 is 0 Å². The topological polar surface area (TPSA) is 73.6 Å². The maximum Gasteiger partial charge on any atom is 0.276 e. The van der Waals surface area contributed by atoms with Crippen molar-refractivity contribution in [2.45, 2.75) is 26.4 Å². The van der Waals surface area contributed by atoms with E-state index in [-0.39, 0.29) is 12.2 Å². The van der Waals surface area contributed by atoms with Gasteiger partial charge in [-0.15, -0.1) is 0 Å². The van der Waals surface area contributed by atoms with Crippen molar-refractivity contribution in [1.29, 1.82) is 0 Å². The van der Waals surface area contributed by atoms with Gasteiger partial charge >= 0.3 is 0 Å². The van der Waals surface area contributed by atoms with Crippen molar-refractivity contribution in [2.75, 3.05) is 13.7 Å². The highest BCUT2D eigenvalue weighted by Crippen LogP contribution is 2.29. The number of benzene rings is 1. The van der Waals surface area contributed by atoms with Gasteiger partial charge in [0.1, 0.15) is 12.3 Å². The Bertz CT molecular complexity index is 717. The second-order valence-corrected chi connectivity index (χ2v) is 5.62. The number of aromatic nitrogens is 2. The number of aliphatic hydroxyl groups is 1. The van der Waals surface area contributed by atoms with Crippen LogP contribution in [0.3, 0.4) is 0 Å². The van der Waals surface area contributed by atoms with E-state index in [4.69, 9.17) is 9.47 Å². The monoisotopic (exact) mass is 304 g/mol. The highest BCUT2D eigenvalue weighted by molar-refractivity contribution is 5.49. The predicted octanol–water partition coefficient (Wildman–Crippen LogP) is 1.70. The smallest absolute Gasteiger partial charge is 0.276 e. The molecule has 6 nitrogen and oxygen atoms in total. The molecule has 0 spiro atoms. The normalized spacial score (nSPS) is 11.3. The van der Waals surface area contributed by atoms with Crippen LogP contribution >= 0.6 is 0 Å².